The monoisotopic (exact) mass is 260 g/mol. The molecule has 2 rings (SSSR count). The van der Waals surface area contributed by atoms with Crippen molar-refractivity contribution in [2.24, 2.45) is 5.73 Å². The molecule has 1 aromatic carbocycles. The molecule has 2 nitrogen and oxygen atoms in total. The Balaban J connectivity index is 2.38. The summed E-state index contributed by atoms with van der Waals surface area (Å²) in [6.07, 6.45) is 1.96. The molecule has 18 heavy (non-hydrogen) atoms. The summed E-state index contributed by atoms with van der Waals surface area (Å²) >= 11 is 1.82. The normalized spacial score (nSPS) is 11.3. The fourth-order valence-corrected chi connectivity index (χ4v) is 3.29. The number of hydrogen-bond donors (Lipinski definition) is 1. The molecule has 0 fully saturated rings. The van der Waals surface area contributed by atoms with Gasteiger partial charge < -0.3 is 5.73 Å². The molecule has 1 aromatic heterocycles. The van der Waals surface area contributed by atoms with Crippen molar-refractivity contribution in [2.75, 3.05) is 13.1 Å². The minimum atomic E-state index is 0.625. The fraction of sp³-hybridized carbons (Fsp3) is 0.333. The highest BCUT2D eigenvalue weighted by atomic mass is 32.1. The summed E-state index contributed by atoms with van der Waals surface area (Å²) < 4.78 is 1.34. The first-order chi connectivity index (χ1) is 8.80. The first-order valence-corrected chi connectivity index (χ1v) is 7.14. The number of hydrogen-bond acceptors (Lipinski definition) is 3. The summed E-state index contributed by atoms with van der Waals surface area (Å²) in [5.74, 6) is 0. The fourth-order valence-electron chi connectivity index (χ4n) is 2.20. The summed E-state index contributed by atoms with van der Waals surface area (Å²) in [6, 6.07) is 8.56. The molecule has 2 N–H and O–H groups in total. The quantitative estimate of drug-likeness (QED) is 0.807. The van der Waals surface area contributed by atoms with Crippen molar-refractivity contribution in [1.82, 2.24) is 4.90 Å². The Labute approximate surface area is 113 Å². The number of nitrogens with zero attached hydrogens (tertiary/aromatic N) is 1. The molecule has 0 aliphatic heterocycles. The number of likely N-dealkylation sites (N-methyl/N-ethyl adjacent to an activating group) is 1. The van der Waals surface area contributed by atoms with Gasteiger partial charge in [-0.3, -0.25) is 4.90 Å². The molecular formula is C15H20N2S. The Kier molecular flexibility index (Phi) is 4.53. The zero-order chi connectivity index (χ0) is 13.0. The van der Waals surface area contributed by atoms with E-state index in [0.717, 1.165) is 19.6 Å². The molecule has 0 amide bonds. The first kappa shape index (κ1) is 13.3. The third kappa shape index (κ3) is 2.64. The van der Waals surface area contributed by atoms with Crippen LogP contribution in [0.3, 0.4) is 0 Å². The number of nitrogens with two attached hydrogens (primary N) is 1. The Morgan fingerprint density at radius 2 is 2.17 bits per heavy atom. The zero-order valence-corrected chi connectivity index (χ0v) is 11.7. The maximum atomic E-state index is 5.88. The molecule has 0 aliphatic carbocycles. The maximum absolute atomic E-state index is 5.88. The van der Waals surface area contributed by atoms with E-state index in [2.05, 4.69) is 42.7 Å². The summed E-state index contributed by atoms with van der Waals surface area (Å²) in [6.45, 7) is 9.53. The lowest BCUT2D eigenvalue weighted by molar-refractivity contribution is 0.312. The number of fused-ring (bicyclic) bond motifs is 1. The van der Waals surface area contributed by atoms with Gasteiger partial charge in [0.15, 0.2) is 0 Å². The third-order valence-corrected chi connectivity index (χ3v) is 4.42. The van der Waals surface area contributed by atoms with Gasteiger partial charge in [-0.2, -0.15) is 0 Å². The van der Waals surface area contributed by atoms with Crippen LogP contribution in [0.25, 0.3) is 10.1 Å². The van der Waals surface area contributed by atoms with E-state index < -0.39 is 0 Å². The second-order valence-electron chi connectivity index (χ2n) is 4.32. The lowest BCUT2D eigenvalue weighted by Gasteiger charge is -2.18. The first-order valence-electron chi connectivity index (χ1n) is 6.32. The second kappa shape index (κ2) is 6.14. The van der Waals surface area contributed by atoms with Gasteiger partial charge in [-0.1, -0.05) is 31.2 Å². The van der Waals surface area contributed by atoms with Gasteiger partial charge in [0, 0.05) is 29.2 Å². The van der Waals surface area contributed by atoms with Gasteiger partial charge in [0.05, 0.1) is 0 Å². The van der Waals surface area contributed by atoms with Crippen molar-refractivity contribution >= 4 is 21.4 Å². The van der Waals surface area contributed by atoms with E-state index >= 15 is 0 Å². The molecule has 3 heteroatoms. The van der Waals surface area contributed by atoms with Crippen LogP contribution >= 0.6 is 11.3 Å². The van der Waals surface area contributed by atoms with Crippen LogP contribution < -0.4 is 5.73 Å². The molecule has 0 saturated carbocycles. The molecule has 0 spiro atoms. The molecule has 0 bridgehead atoms. The average Bonchev–Trinajstić information content (AvgIpc) is 2.76. The van der Waals surface area contributed by atoms with Gasteiger partial charge >= 0.3 is 0 Å². The van der Waals surface area contributed by atoms with E-state index in [1.807, 2.05) is 17.4 Å². The van der Waals surface area contributed by atoms with E-state index in [4.69, 9.17) is 5.73 Å². The van der Waals surface area contributed by atoms with E-state index in [1.54, 1.807) is 0 Å². The number of benzene rings is 1. The van der Waals surface area contributed by atoms with E-state index in [1.165, 1.54) is 20.5 Å². The molecule has 0 unspecified atom stereocenters. The molecule has 0 radical (unpaired) electrons. The van der Waals surface area contributed by atoms with Crippen molar-refractivity contribution in [1.29, 1.82) is 0 Å². The summed E-state index contributed by atoms with van der Waals surface area (Å²) in [7, 11) is 0. The minimum absolute atomic E-state index is 0.625. The standard InChI is InChI=1S/C15H20N2S/c1-3-9-17(4-2)11-13-12-7-5-6-8-14(12)18-15(13)10-16/h3,5-8H,1,4,9-11,16H2,2H3. The van der Waals surface area contributed by atoms with Gasteiger partial charge in [0.1, 0.15) is 0 Å². The van der Waals surface area contributed by atoms with Gasteiger partial charge in [0.2, 0.25) is 0 Å². The largest absolute Gasteiger partial charge is 0.326 e. The van der Waals surface area contributed by atoms with Crippen LogP contribution in [0.1, 0.15) is 17.4 Å². The maximum Gasteiger partial charge on any atom is 0.0349 e. The van der Waals surface area contributed by atoms with Gasteiger partial charge in [-0.05, 0) is 23.6 Å². The van der Waals surface area contributed by atoms with Crippen LogP contribution in [-0.2, 0) is 13.1 Å². The van der Waals surface area contributed by atoms with Crippen LogP contribution in [0.2, 0.25) is 0 Å². The predicted octanol–water partition coefficient (Wildman–Crippen LogP) is 3.37. The van der Waals surface area contributed by atoms with Crippen LogP contribution in [0.5, 0.6) is 0 Å². The SMILES string of the molecule is C=CCN(CC)Cc1c(CN)sc2ccccc12. The smallest absolute Gasteiger partial charge is 0.0349 e. The van der Waals surface area contributed by atoms with Crippen molar-refractivity contribution in [2.45, 2.75) is 20.0 Å². The van der Waals surface area contributed by atoms with Crippen molar-refractivity contribution < 1.29 is 0 Å². The highest BCUT2D eigenvalue weighted by molar-refractivity contribution is 7.19. The van der Waals surface area contributed by atoms with Gasteiger partial charge in [0.25, 0.3) is 0 Å². The Morgan fingerprint density at radius 3 is 2.83 bits per heavy atom. The minimum Gasteiger partial charge on any atom is -0.326 e. The molecule has 1 heterocycles. The zero-order valence-electron chi connectivity index (χ0n) is 10.9. The highest BCUT2D eigenvalue weighted by Crippen LogP contribution is 2.31. The molecule has 0 saturated heterocycles. The van der Waals surface area contributed by atoms with Crippen LogP contribution in [0, 0.1) is 0 Å². The number of rotatable bonds is 6. The second-order valence-corrected chi connectivity index (χ2v) is 5.46. The van der Waals surface area contributed by atoms with E-state index in [9.17, 15) is 0 Å². The van der Waals surface area contributed by atoms with Crippen molar-refractivity contribution in [3.63, 3.8) is 0 Å². The predicted molar refractivity (Wildman–Crippen MR) is 80.9 cm³/mol. The van der Waals surface area contributed by atoms with Crippen molar-refractivity contribution in [3.8, 4) is 0 Å². The average molecular weight is 260 g/mol. The van der Waals surface area contributed by atoms with Crippen LogP contribution in [0.15, 0.2) is 36.9 Å². The molecule has 2 aromatic rings. The number of thiophene rings is 1. The third-order valence-electron chi connectivity index (χ3n) is 3.18. The summed E-state index contributed by atoms with van der Waals surface area (Å²) in [4.78, 5) is 3.68. The summed E-state index contributed by atoms with van der Waals surface area (Å²) in [5.41, 5.74) is 7.27. The highest BCUT2D eigenvalue weighted by Gasteiger charge is 2.12. The Bertz CT molecular complexity index is 530. The topological polar surface area (TPSA) is 29.3 Å². The molecule has 96 valence electrons. The van der Waals surface area contributed by atoms with Gasteiger partial charge in [-0.15, -0.1) is 17.9 Å². The van der Waals surface area contributed by atoms with Crippen molar-refractivity contribution in [3.05, 3.63) is 47.4 Å². The lowest BCUT2D eigenvalue weighted by atomic mass is 10.1. The van der Waals surface area contributed by atoms with Crippen LogP contribution in [0.4, 0.5) is 0 Å². The summed E-state index contributed by atoms with van der Waals surface area (Å²) in [5, 5.41) is 1.35. The van der Waals surface area contributed by atoms with Crippen LogP contribution in [-0.4, -0.2) is 18.0 Å². The molecular weight excluding hydrogens is 240 g/mol. The Hall–Kier alpha value is -1.16. The Morgan fingerprint density at radius 1 is 1.39 bits per heavy atom. The van der Waals surface area contributed by atoms with E-state index in [-0.39, 0.29) is 0 Å². The lowest BCUT2D eigenvalue weighted by Crippen LogP contribution is -2.23. The van der Waals surface area contributed by atoms with Gasteiger partial charge in [-0.25, -0.2) is 0 Å². The molecule has 0 atom stereocenters. The molecule has 0 aliphatic rings. The van der Waals surface area contributed by atoms with E-state index in [0.29, 0.717) is 6.54 Å².